The Morgan fingerprint density at radius 2 is 1.97 bits per heavy atom. The van der Waals surface area contributed by atoms with Gasteiger partial charge in [-0.05, 0) is 18.9 Å². The van der Waals surface area contributed by atoms with Gasteiger partial charge in [0.1, 0.15) is 5.75 Å². The van der Waals surface area contributed by atoms with Crippen LogP contribution in [0.15, 0.2) is 30.7 Å². The minimum Gasteiger partial charge on any atom is -0.433 e. The van der Waals surface area contributed by atoms with Crippen molar-refractivity contribution in [2.45, 2.75) is 38.8 Å². The summed E-state index contributed by atoms with van der Waals surface area (Å²) < 4.78 is 50.4. The number of carbonyl (C=O) groups excluding carboxylic acids is 1. The number of pyridine rings is 2. The molecule has 0 unspecified atom stereocenters. The summed E-state index contributed by atoms with van der Waals surface area (Å²) in [5, 5.41) is 8.05. The van der Waals surface area contributed by atoms with E-state index in [2.05, 4.69) is 25.1 Å². The van der Waals surface area contributed by atoms with Crippen molar-refractivity contribution in [1.82, 2.24) is 25.1 Å². The van der Waals surface area contributed by atoms with E-state index >= 15 is 0 Å². The molecule has 32 heavy (non-hydrogen) atoms. The lowest BCUT2D eigenvalue weighted by Crippen LogP contribution is -2.61. The molecule has 172 valence electrons. The summed E-state index contributed by atoms with van der Waals surface area (Å²) >= 11 is 0. The zero-order chi connectivity index (χ0) is 23.3. The molecule has 1 fully saturated rings. The minimum absolute atomic E-state index is 0.00976. The van der Waals surface area contributed by atoms with E-state index in [0.29, 0.717) is 28.0 Å². The summed E-state index contributed by atoms with van der Waals surface area (Å²) in [4.78, 5) is 21.1. The average molecular weight is 467 g/mol. The van der Waals surface area contributed by atoms with Crippen LogP contribution in [0, 0.1) is 0 Å². The highest BCUT2D eigenvalue weighted by Crippen LogP contribution is 2.53. The molecule has 0 aromatic carbocycles. The molecule has 1 aliphatic heterocycles. The molecule has 0 radical (unpaired) electrons. The van der Waals surface area contributed by atoms with Crippen LogP contribution in [0.1, 0.15) is 42.7 Å². The highest BCUT2D eigenvalue weighted by Gasteiger charge is 2.45. The van der Waals surface area contributed by atoms with Crippen molar-refractivity contribution < 1.29 is 27.4 Å². The standard InChI is InChI=1S/C20H23F2N5O4S/c1-11(2)16-15-4-12(18(28)25-20(3)9-32(29,30)10-20)6-24-17(15)27(26-16)13-5-14(8-23-7-13)31-19(21)22/h4-8,11,19,29-30H,9-10H2,1-3H3,(H,25,28). The molecular formula is C20H23F2N5O4S. The van der Waals surface area contributed by atoms with E-state index in [9.17, 15) is 22.7 Å². The first-order chi connectivity index (χ1) is 15.0. The van der Waals surface area contributed by atoms with E-state index in [1.54, 1.807) is 13.0 Å². The number of hydrogen-bond acceptors (Lipinski definition) is 7. The van der Waals surface area contributed by atoms with Gasteiger partial charge < -0.3 is 10.1 Å². The van der Waals surface area contributed by atoms with Crippen LogP contribution in [0.5, 0.6) is 5.75 Å². The van der Waals surface area contributed by atoms with E-state index in [-0.39, 0.29) is 29.1 Å². The van der Waals surface area contributed by atoms with Crippen LogP contribution < -0.4 is 10.1 Å². The van der Waals surface area contributed by atoms with Crippen LogP contribution >= 0.6 is 10.6 Å². The van der Waals surface area contributed by atoms with E-state index < -0.39 is 22.7 Å². The summed E-state index contributed by atoms with van der Waals surface area (Å²) in [6.45, 7) is 2.66. The highest BCUT2D eigenvalue weighted by molar-refractivity contribution is 8.25. The van der Waals surface area contributed by atoms with E-state index in [1.807, 2.05) is 13.8 Å². The molecule has 4 heterocycles. The Balaban J connectivity index is 1.70. The smallest absolute Gasteiger partial charge is 0.387 e. The molecule has 9 nitrogen and oxygen atoms in total. The number of amides is 1. The molecule has 1 saturated heterocycles. The quantitative estimate of drug-likeness (QED) is 0.504. The number of nitrogens with zero attached hydrogens (tertiary/aromatic N) is 4. The predicted molar refractivity (Wildman–Crippen MR) is 116 cm³/mol. The number of rotatable bonds is 6. The summed E-state index contributed by atoms with van der Waals surface area (Å²) in [7, 11) is -2.61. The molecule has 12 heteroatoms. The summed E-state index contributed by atoms with van der Waals surface area (Å²) in [6.07, 6.45) is 4.02. The predicted octanol–water partition coefficient (Wildman–Crippen LogP) is 3.79. The first kappa shape index (κ1) is 22.4. The fourth-order valence-corrected chi connectivity index (χ4v) is 5.94. The van der Waals surface area contributed by atoms with Crippen LogP contribution in [-0.4, -0.2) is 58.4 Å². The maximum Gasteiger partial charge on any atom is 0.387 e. The zero-order valence-electron chi connectivity index (χ0n) is 17.6. The molecule has 0 bridgehead atoms. The Bertz CT molecular complexity index is 1180. The van der Waals surface area contributed by atoms with Crippen molar-refractivity contribution >= 4 is 27.5 Å². The number of ether oxygens (including phenoxy) is 1. The number of hydrogen-bond donors (Lipinski definition) is 3. The molecule has 4 rings (SSSR count). The number of fused-ring (bicyclic) bond motifs is 1. The molecule has 1 amide bonds. The number of halogens is 2. The molecule has 0 atom stereocenters. The van der Waals surface area contributed by atoms with Crippen LogP contribution in [0.25, 0.3) is 16.7 Å². The Kier molecular flexibility index (Phi) is 5.55. The fraction of sp³-hybridized carbons (Fsp3) is 0.400. The number of aromatic nitrogens is 4. The molecule has 1 aliphatic rings. The van der Waals surface area contributed by atoms with Crippen molar-refractivity contribution in [3.05, 3.63) is 42.0 Å². The summed E-state index contributed by atoms with van der Waals surface area (Å²) in [6, 6.07) is 3.05. The second-order valence-corrected chi connectivity index (χ2v) is 10.6. The molecule has 0 aliphatic carbocycles. The van der Waals surface area contributed by atoms with Crippen LogP contribution in [0.4, 0.5) is 8.78 Å². The van der Waals surface area contributed by atoms with Crippen LogP contribution in [-0.2, 0) is 0 Å². The van der Waals surface area contributed by atoms with Gasteiger partial charge in [0.05, 0.1) is 46.4 Å². The van der Waals surface area contributed by atoms with Crippen LogP contribution in [0.3, 0.4) is 0 Å². The molecule has 3 aromatic heterocycles. The van der Waals surface area contributed by atoms with Crippen molar-refractivity contribution in [3.63, 3.8) is 0 Å². The average Bonchev–Trinajstić information content (AvgIpc) is 3.05. The largest absolute Gasteiger partial charge is 0.433 e. The van der Waals surface area contributed by atoms with Crippen molar-refractivity contribution in [2.24, 2.45) is 0 Å². The summed E-state index contributed by atoms with van der Waals surface area (Å²) in [5.74, 6) is -0.276. The van der Waals surface area contributed by atoms with Gasteiger partial charge in [0.2, 0.25) is 0 Å². The molecule has 3 aromatic rings. The summed E-state index contributed by atoms with van der Waals surface area (Å²) in [5.41, 5.74) is 1.11. The van der Waals surface area contributed by atoms with E-state index in [1.165, 1.54) is 29.3 Å². The van der Waals surface area contributed by atoms with Gasteiger partial charge in [-0.3, -0.25) is 18.9 Å². The topological polar surface area (TPSA) is 122 Å². The second-order valence-electron chi connectivity index (χ2n) is 8.41. The normalized spacial score (nSPS) is 17.9. The van der Waals surface area contributed by atoms with Gasteiger partial charge in [0.15, 0.2) is 5.65 Å². The van der Waals surface area contributed by atoms with Gasteiger partial charge >= 0.3 is 6.61 Å². The van der Waals surface area contributed by atoms with Crippen molar-refractivity contribution in [3.8, 4) is 11.4 Å². The molecule has 0 spiro atoms. The lowest BCUT2D eigenvalue weighted by atomic mass is 10.0. The maximum atomic E-state index is 12.8. The molecular weight excluding hydrogens is 444 g/mol. The number of carbonyl (C=O) groups is 1. The molecule has 0 saturated carbocycles. The zero-order valence-corrected chi connectivity index (χ0v) is 18.4. The third-order valence-electron chi connectivity index (χ3n) is 5.04. The Morgan fingerprint density at radius 1 is 1.25 bits per heavy atom. The fourth-order valence-electron chi connectivity index (χ4n) is 3.84. The minimum atomic E-state index is -2.98. The first-order valence-electron chi connectivity index (χ1n) is 9.81. The van der Waals surface area contributed by atoms with Gasteiger partial charge in [0, 0.05) is 17.6 Å². The van der Waals surface area contributed by atoms with Crippen molar-refractivity contribution in [1.29, 1.82) is 0 Å². The highest BCUT2D eigenvalue weighted by atomic mass is 32.3. The van der Waals surface area contributed by atoms with E-state index in [4.69, 9.17) is 0 Å². The Morgan fingerprint density at radius 3 is 2.59 bits per heavy atom. The van der Waals surface area contributed by atoms with Crippen molar-refractivity contribution in [2.75, 3.05) is 11.5 Å². The Hall–Kier alpha value is -2.83. The van der Waals surface area contributed by atoms with Crippen LogP contribution in [0.2, 0.25) is 0 Å². The SMILES string of the molecule is CC(C)c1nn(-c2cncc(OC(F)F)c2)c2ncc(C(=O)NC3(C)CS(O)(O)C3)cc12. The number of nitrogens with one attached hydrogen (secondary N) is 1. The second kappa shape index (κ2) is 7.94. The lowest BCUT2D eigenvalue weighted by molar-refractivity contribution is -0.0500. The van der Waals surface area contributed by atoms with Gasteiger partial charge in [-0.15, -0.1) is 0 Å². The number of alkyl halides is 2. The molecule has 3 N–H and O–H groups in total. The third-order valence-corrected chi connectivity index (χ3v) is 7.24. The Labute approximate surface area is 184 Å². The lowest BCUT2D eigenvalue weighted by Gasteiger charge is -2.54. The van der Waals surface area contributed by atoms with Gasteiger partial charge in [0.25, 0.3) is 5.91 Å². The van der Waals surface area contributed by atoms with E-state index in [0.717, 1.165) is 0 Å². The third kappa shape index (κ3) is 4.38. The maximum absolute atomic E-state index is 12.8. The van der Waals surface area contributed by atoms with Gasteiger partial charge in [-0.2, -0.15) is 24.5 Å². The first-order valence-corrected chi connectivity index (χ1v) is 11.7. The van der Waals surface area contributed by atoms with Gasteiger partial charge in [-0.25, -0.2) is 9.67 Å². The monoisotopic (exact) mass is 467 g/mol. The van der Waals surface area contributed by atoms with Gasteiger partial charge in [-0.1, -0.05) is 13.8 Å².